The van der Waals surface area contributed by atoms with Gasteiger partial charge in [0.05, 0.1) is 13.3 Å². The normalized spacial score (nSPS) is 40.3. The molecular weight excluding hydrogens is 282 g/mol. The number of carbonyl (C=O) groups is 1. The minimum absolute atomic E-state index is 0.247. The predicted octanol–water partition coefficient (Wildman–Crippen LogP) is -3.54. The van der Waals surface area contributed by atoms with Gasteiger partial charge in [-0.25, -0.2) is 0 Å². The first-order valence-electron chi connectivity index (χ1n) is 6.51. The number of guanidine groups is 1. The van der Waals surface area contributed by atoms with E-state index in [9.17, 15) is 15.0 Å². The van der Waals surface area contributed by atoms with E-state index in [1.807, 2.05) is 0 Å². The summed E-state index contributed by atoms with van der Waals surface area (Å²) in [6, 6.07) is -0.666. The highest BCUT2D eigenvalue weighted by Crippen LogP contribution is 2.29. The van der Waals surface area contributed by atoms with Gasteiger partial charge in [0.15, 0.2) is 6.23 Å². The summed E-state index contributed by atoms with van der Waals surface area (Å²) in [6.45, 7) is -0.179. The Balaban J connectivity index is 1.90. The van der Waals surface area contributed by atoms with Gasteiger partial charge in [-0.1, -0.05) is 0 Å². The van der Waals surface area contributed by atoms with Crippen LogP contribution in [-0.2, 0) is 9.53 Å². The topological polar surface area (TPSA) is 142 Å². The minimum atomic E-state index is -1.24. The SMILES string of the molecule is CN1CN([C@@H]2O[C@H](CO)[C@@H](O)[C@H]2O)C2=NC(=N)NC(=O)C21. The second-order valence-electron chi connectivity index (χ2n) is 5.31. The summed E-state index contributed by atoms with van der Waals surface area (Å²) >= 11 is 0. The van der Waals surface area contributed by atoms with Gasteiger partial charge in [-0.3, -0.25) is 20.4 Å². The summed E-state index contributed by atoms with van der Waals surface area (Å²) in [4.78, 5) is 19.1. The molecule has 5 N–H and O–H groups in total. The third-order valence-electron chi connectivity index (χ3n) is 3.90. The fraction of sp³-hybridized carbons (Fsp3) is 0.727. The van der Waals surface area contributed by atoms with Crippen molar-refractivity contribution in [2.45, 2.75) is 30.6 Å². The average molecular weight is 299 g/mol. The van der Waals surface area contributed by atoms with Crippen LogP contribution in [-0.4, -0.2) is 93.7 Å². The molecule has 0 aliphatic carbocycles. The molecule has 0 bridgehead atoms. The second-order valence-corrected chi connectivity index (χ2v) is 5.31. The van der Waals surface area contributed by atoms with E-state index in [4.69, 9.17) is 15.3 Å². The number of aliphatic hydroxyl groups is 3. The van der Waals surface area contributed by atoms with Gasteiger partial charge >= 0.3 is 0 Å². The average Bonchev–Trinajstić information content (AvgIpc) is 2.89. The van der Waals surface area contributed by atoms with Crippen molar-refractivity contribution < 1.29 is 24.9 Å². The van der Waals surface area contributed by atoms with Gasteiger partial charge in [-0.2, -0.15) is 4.99 Å². The largest absolute Gasteiger partial charge is 0.394 e. The number of carbonyl (C=O) groups excluding carboxylic acids is 1. The number of amides is 1. The van der Waals surface area contributed by atoms with Crippen molar-refractivity contribution in [2.24, 2.45) is 4.99 Å². The first kappa shape index (κ1) is 14.4. The molecule has 0 radical (unpaired) electrons. The number of fused-ring (bicyclic) bond motifs is 1. The molecule has 116 valence electrons. The fourth-order valence-electron chi connectivity index (χ4n) is 2.87. The molecule has 0 spiro atoms. The number of ether oxygens (including phenoxy) is 1. The molecule has 2 saturated heterocycles. The Labute approximate surface area is 120 Å². The van der Waals surface area contributed by atoms with E-state index in [2.05, 4.69) is 10.3 Å². The van der Waals surface area contributed by atoms with Crippen LogP contribution in [0.15, 0.2) is 4.99 Å². The van der Waals surface area contributed by atoms with Gasteiger partial charge in [0.1, 0.15) is 30.2 Å². The van der Waals surface area contributed by atoms with Crippen molar-refractivity contribution in [2.75, 3.05) is 20.3 Å². The molecule has 1 unspecified atom stereocenters. The zero-order valence-electron chi connectivity index (χ0n) is 11.3. The van der Waals surface area contributed by atoms with E-state index in [1.54, 1.807) is 11.9 Å². The molecule has 0 aromatic carbocycles. The summed E-state index contributed by atoms with van der Waals surface area (Å²) in [5.41, 5.74) is 0. The summed E-state index contributed by atoms with van der Waals surface area (Å²) in [7, 11) is 1.70. The number of rotatable bonds is 2. The zero-order chi connectivity index (χ0) is 15.3. The van der Waals surface area contributed by atoms with Crippen LogP contribution in [0.25, 0.3) is 0 Å². The second kappa shape index (κ2) is 5.00. The summed E-state index contributed by atoms with van der Waals surface area (Å²) in [6.07, 6.45) is -4.29. The van der Waals surface area contributed by atoms with Gasteiger partial charge in [0.2, 0.25) is 5.96 Å². The van der Waals surface area contributed by atoms with E-state index in [0.717, 1.165) is 0 Å². The lowest BCUT2D eigenvalue weighted by molar-refractivity contribution is -0.122. The molecule has 3 heterocycles. The Kier molecular flexibility index (Phi) is 3.42. The molecule has 0 saturated carbocycles. The molecule has 3 rings (SSSR count). The summed E-state index contributed by atoms with van der Waals surface area (Å²) in [5.74, 6) is -0.360. The molecular formula is C11H17N5O5. The van der Waals surface area contributed by atoms with Crippen LogP contribution in [0.2, 0.25) is 0 Å². The van der Waals surface area contributed by atoms with Gasteiger partial charge in [-0.15, -0.1) is 0 Å². The number of amidine groups is 1. The van der Waals surface area contributed by atoms with E-state index in [-0.39, 0.29) is 18.5 Å². The van der Waals surface area contributed by atoms with Crippen molar-refractivity contribution >= 4 is 17.7 Å². The van der Waals surface area contributed by atoms with Gasteiger partial charge < -0.3 is 25.0 Å². The molecule has 10 nitrogen and oxygen atoms in total. The maximum absolute atomic E-state index is 11.9. The molecule has 3 aliphatic heterocycles. The Bertz CT molecular complexity index is 511. The van der Waals surface area contributed by atoms with Crippen molar-refractivity contribution in [3.63, 3.8) is 0 Å². The number of aliphatic hydroxyl groups excluding tert-OH is 3. The molecule has 2 fully saturated rings. The third-order valence-corrected chi connectivity index (χ3v) is 3.90. The predicted molar refractivity (Wildman–Crippen MR) is 69.3 cm³/mol. The lowest BCUT2D eigenvalue weighted by Gasteiger charge is -2.29. The third kappa shape index (κ3) is 2.12. The molecule has 5 atom stereocenters. The minimum Gasteiger partial charge on any atom is -0.394 e. The molecule has 0 aromatic rings. The lowest BCUT2D eigenvalue weighted by Crippen LogP contribution is -2.53. The lowest BCUT2D eigenvalue weighted by atomic mass is 10.1. The Morgan fingerprint density at radius 2 is 2.19 bits per heavy atom. The van der Waals surface area contributed by atoms with E-state index in [0.29, 0.717) is 5.84 Å². The van der Waals surface area contributed by atoms with Crippen LogP contribution in [0.4, 0.5) is 0 Å². The van der Waals surface area contributed by atoms with Crippen LogP contribution in [0.3, 0.4) is 0 Å². The van der Waals surface area contributed by atoms with Crippen LogP contribution in [0.1, 0.15) is 0 Å². The van der Waals surface area contributed by atoms with Crippen molar-refractivity contribution in [3.05, 3.63) is 0 Å². The Morgan fingerprint density at radius 1 is 1.48 bits per heavy atom. The standard InChI is InChI=1S/C11H17N5O5/c1-15-3-16(8-5(15)9(20)14-11(12)13-8)10-7(19)6(18)4(2-17)21-10/h4-7,10,17-19H,2-3H2,1H3,(H2,12,14,20)/t4-,5?,6-,7-,10-/m1/s1. The smallest absolute Gasteiger partial charge is 0.251 e. The first-order valence-corrected chi connectivity index (χ1v) is 6.51. The number of likely N-dealkylation sites (N-methyl/N-ethyl adjacent to an activating group) is 1. The fourth-order valence-corrected chi connectivity index (χ4v) is 2.87. The van der Waals surface area contributed by atoms with E-state index >= 15 is 0 Å². The molecule has 10 heteroatoms. The first-order chi connectivity index (χ1) is 9.93. The van der Waals surface area contributed by atoms with E-state index < -0.39 is 37.2 Å². The number of hydrogen-bond donors (Lipinski definition) is 5. The van der Waals surface area contributed by atoms with Crippen LogP contribution in [0.5, 0.6) is 0 Å². The highest BCUT2D eigenvalue weighted by molar-refractivity contribution is 6.19. The van der Waals surface area contributed by atoms with Crippen LogP contribution in [0, 0.1) is 5.41 Å². The number of nitrogens with zero attached hydrogens (tertiary/aromatic N) is 3. The molecule has 21 heavy (non-hydrogen) atoms. The number of aliphatic imine (C=N–C) groups is 1. The maximum atomic E-state index is 11.9. The summed E-state index contributed by atoms with van der Waals surface area (Å²) < 4.78 is 5.45. The van der Waals surface area contributed by atoms with Crippen LogP contribution < -0.4 is 5.32 Å². The summed E-state index contributed by atoms with van der Waals surface area (Å²) in [5, 5.41) is 38.9. The monoisotopic (exact) mass is 299 g/mol. The molecule has 3 aliphatic rings. The van der Waals surface area contributed by atoms with E-state index in [1.165, 1.54) is 4.90 Å². The van der Waals surface area contributed by atoms with Gasteiger partial charge in [0.25, 0.3) is 5.91 Å². The highest BCUT2D eigenvalue weighted by Gasteiger charge is 2.52. The molecule has 0 aromatic heterocycles. The van der Waals surface area contributed by atoms with Crippen LogP contribution >= 0.6 is 0 Å². The Morgan fingerprint density at radius 3 is 2.81 bits per heavy atom. The van der Waals surface area contributed by atoms with Gasteiger partial charge in [-0.05, 0) is 7.05 Å². The quantitative estimate of drug-likeness (QED) is 0.355. The number of hydrogen-bond acceptors (Lipinski definition) is 8. The van der Waals surface area contributed by atoms with Gasteiger partial charge in [0, 0.05) is 0 Å². The maximum Gasteiger partial charge on any atom is 0.251 e. The molecule has 1 amide bonds. The van der Waals surface area contributed by atoms with Crippen molar-refractivity contribution in [1.82, 2.24) is 15.1 Å². The van der Waals surface area contributed by atoms with Crippen molar-refractivity contribution in [3.8, 4) is 0 Å². The Hall–Kier alpha value is -1.59. The zero-order valence-corrected chi connectivity index (χ0v) is 11.3. The number of nitrogens with one attached hydrogen (secondary N) is 2. The van der Waals surface area contributed by atoms with Crippen molar-refractivity contribution in [1.29, 1.82) is 5.41 Å². The highest BCUT2D eigenvalue weighted by atomic mass is 16.6.